The van der Waals surface area contributed by atoms with E-state index >= 15 is 0 Å². The van der Waals surface area contributed by atoms with Crippen molar-refractivity contribution in [2.45, 2.75) is 48.5 Å². The Hall–Kier alpha value is -3.18. The van der Waals surface area contributed by atoms with Crippen molar-refractivity contribution >= 4 is 33.5 Å². The second kappa shape index (κ2) is 14.3. The molecule has 8 nitrogen and oxygen atoms in total. The number of amides is 1. The maximum Gasteiger partial charge on any atom is 0.326 e. The maximum absolute atomic E-state index is 13.4. The topological polar surface area (TPSA) is 113 Å². The van der Waals surface area contributed by atoms with Gasteiger partial charge in [-0.05, 0) is 78.3 Å². The zero-order valence-corrected chi connectivity index (χ0v) is 25.8. The summed E-state index contributed by atoms with van der Waals surface area (Å²) in [6, 6.07) is 20.8. The smallest absolute Gasteiger partial charge is 0.326 e. The fourth-order valence-electron chi connectivity index (χ4n) is 5.47. The number of methoxy groups -OCH3 is 1. The number of aliphatic carboxylic acids is 1. The minimum atomic E-state index is -3.51. The Morgan fingerprint density at radius 3 is 2.45 bits per heavy atom. The number of sulfone groups is 1. The van der Waals surface area contributed by atoms with E-state index in [4.69, 9.17) is 4.74 Å². The van der Waals surface area contributed by atoms with E-state index in [1.54, 1.807) is 43.5 Å². The van der Waals surface area contributed by atoms with E-state index in [0.29, 0.717) is 54.3 Å². The number of benzene rings is 3. The van der Waals surface area contributed by atoms with Crippen LogP contribution in [0.4, 0.5) is 0 Å². The van der Waals surface area contributed by atoms with E-state index in [0.717, 1.165) is 16.7 Å². The number of aryl methyl sites for hydroxylation is 1. The Kier molecular flexibility index (Phi) is 10.8. The summed E-state index contributed by atoms with van der Waals surface area (Å²) in [6.07, 6.45) is 2.68. The molecule has 0 radical (unpaired) electrons. The quantitative estimate of drug-likeness (QED) is 0.287. The van der Waals surface area contributed by atoms with Crippen LogP contribution in [-0.2, 0) is 25.9 Å². The first-order valence-electron chi connectivity index (χ1n) is 13.9. The first kappa shape index (κ1) is 31.7. The minimum absolute atomic E-state index is 0.0869. The summed E-state index contributed by atoms with van der Waals surface area (Å²) in [4.78, 5) is 27.7. The van der Waals surface area contributed by atoms with E-state index < -0.39 is 33.0 Å². The fraction of sp³-hybridized carbons (Fsp3) is 0.375. The lowest BCUT2D eigenvalue weighted by Gasteiger charge is -2.24. The molecule has 1 saturated heterocycles. The molecule has 0 bridgehead atoms. The molecule has 1 aliphatic heterocycles. The molecule has 0 saturated carbocycles. The van der Waals surface area contributed by atoms with Crippen molar-refractivity contribution < 1.29 is 27.9 Å². The number of hydrogen-bond donors (Lipinski definition) is 2. The third-order valence-corrected chi connectivity index (χ3v) is 10.5. The molecule has 0 aliphatic carbocycles. The molecule has 0 unspecified atom stereocenters. The van der Waals surface area contributed by atoms with Gasteiger partial charge in [-0.15, -0.1) is 0 Å². The number of nitrogens with zero attached hydrogens (tertiary/aromatic N) is 1. The first-order chi connectivity index (χ1) is 20.1. The summed E-state index contributed by atoms with van der Waals surface area (Å²) in [5.74, 6) is -0.897. The molecule has 10 heteroatoms. The number of nitrogens with one attached hydrogen (secondary N) is 1. The number of carboxylic acid groups (broad SMARTS) is 1. The molecule has 3 aromatic rings. The molecular weight excluding hydrogens is 572 g/mol. The van der Waals surface area contributed by atoms with Crippen molar-refractivity contribution in [3.8, 4) is 11.1 Å². The summed E-state index contributed by atoms with van der Waals surface area (Å²) in [5.41, 5.74) is 3.87. The Balaban J connectivity index is 1.64. The molecule has 224 valence electrons. The van der Waals surface area contributed by atoms with Crippen molar-refractivity contribution in [1.29, 1.82) is 0 Å². The number of hydrogen-bond acceptors (Lipinski definition) is 7. The number of carbonyl (C=O) groups is 2. The van der Waals surface area contributed by atoms with Crippen LogP contribution in [0.3, 0.4) is 0 Å². The van der Waals surface area contributed by atoms with Gasteiger partial charge >= 0.3 is 5.97 Å². The minimum Gasteiger partial charge on any atom is -0.480 e. The molecule has 1 heterocycles. The van der Waals surface area contributed by atoms with Gasteiger partial charge in [-0.2, -0.15) is 11.8 Å². The predicted molar refractivity (Wildman–Crippen MR) is 167 cm³/mol. The van der Waals surface area contributed by atoms with Crippen LogP contribution in [0.15, 0.2) is 77.7 Å². The fourth-order valence-corrected chi connectivity index (χ4v) is 7.73. The van der Waals surface area contributed by atoms with Crippen molar-refractivity contribution in [3.63, 3.8) is 0 Å². The zero-order valence-electron chi connectivity index (χ0n) is 24.2. The Bertz CT molecular complexity index is 1500. The van der Waals surface area contributed by atoms with E-state index in [9.17, 15) is 23.1 Å². The van der Waals surface area contributed by atoms with Crippen molar-refractivity contribution in [3.05, 3.63) is 89.5 Å². The molecule has 1 fully saturated rings. The van der Waals surface area contributed by atoms with Crippen LogP contribution >= 0.6 is 11.8 Å². The van der Waals surface area contributed by atoms with Gasteiger partial charge in [-0.3, -0.25) is 9.69 Å². The van der Waals surface area contributed by atoms with E-state index in [1.807, 2.05) is 49.6 Å². The zero-order chi connectivity index (χ0) is 30.3. The van der Waals surface area contributed by atoms with Gasteiger partial charge in [-0.25, -0.2) is 13.2 Å². The summed E-state index contributed by atoms with van der Waals surface area (Å²) >= 11 is 1.53. The molecule has 0 aromatic heterocycles. The largest absolute Gasteiger partial charge is 0.480 e. The SMILES string of the molecule is COC[C@H]1C[C@@H](S(=O)(=O)c2ccccc2)CN1Cc1ccc(C(=O)N[C@@H](CCSC)C(=O)O)c(-c2ccccc2C)c1. The summed E-state index contributed by atoms with van der Waals surface area (Å²) in [5, 5.41) is 11.8. The van der Waals surface area contributed by atoms with Gasteiger partial charge in [0.05, 0.1) is 16.8 Å². The maximum atomic E-state index is 13.4. The highest BCUT2D eigenvalue weighted by molar-refractivity contribution is 7.98. The first-order valence-corrected chi connectivity index (χ1v) is 16.8. The highest BCUT2D eigenvalue weighted by atomic mass is 32.2. The van der Waals surface area contributed by atoms with Gasteiger partial charge in [0.1, 0.15) is 6.04 Å². The van der Waals surface area contributed by atoms with Crippen LogP contribution in [0.1, 0.15) is 34.3 Å². The monoisotopic (exact) mass is 610 g/mol. The summed E-state index contributed by atoms with van der Waals surface area (Å²) in [7, 11) is -1.90. The van der Waals surface area contributed by atoms with Crippen LogP contribution in [0, 0.1) is 6.92 Å². The van der Waals surface area contributed by atoms with E-state index in [2.05, 4.69) is 10.2 Å². The van der Waals surface area contributed by atoms with Gasteiger partial charge in [0.15, 0.2) is 9.84 Å². The highest BCUT2D eigenvalue weighted by Crippen LogP contribution is 2.32. The molecule has 42 heavy (non-hydrogen) atoms. The number of carbonyl (C=O) groups excluding carboxylic acids is 1. The normalized spacial score (nSPS) is 18.1. The molecule has 0 spiro atoms. The third kappa shape index (κ3) is 7.42. The molecule has 2 N–H and O–H groups in total. The number of thioether (sulfide) groups is 1. The number of carboxylic acids is 1. The Morgan fingerprint density at radius 1 is 1.07 bits per heavy atom. The van der Waals surface area contributed by atoms with E-state index in [-0.39, 0.29) is 6.04 Å². The number of ether oxygens (including phenoxy) is 1. The van der Waals surface area contributed by atoms with Gasteiger partial charge in [0.25, 0.3) is 5.91 Å². The second-order valence-corrected chi connectivity index (χ2v) is 13.8. The summed E-state index contributed by atoms with van der Waals surface area (Å²) in [6.45, 7) is 3.21. The van der Waals surface area contributed by atoms with Crippen LogP contribution in [0.25, 0.3) is 11.1 Å². The third-order valence-electron chi connectivity index (χ3n) is 7.72. The summed E-state index contributed by atoms with van der Waals surface area (Å²) < 4.78 is 32.3. The number of likely N-dealkylation sites (tertiary alicyclic amines) is 1. The second-order valence-electron chi connectivity index (χ2n) is 10.6. The Morgan fingerprint density at radius 2 is 1.79 bits per heavy atom. The van der Waals surface area contributed by atoms with Crippen LogP contribution in [0.5, 0.6) is 0 Å². The highest BCUT2D eigenvalue weighted by Gasteiger charge is 2.40. The van der Waals surface area contributed by atoms with Gasteiger partial charge in [0, 0.05) is 31.8 Å². The lowest BCUT2D eigenvalue weighted by Crippen LogP contribution is -2.41. The van der Waals surface area contributed by atoms with Crippen LogP contribution < -0.4 is 5.32 Å². The molecule has 1 amide bonds. The van der Waals surface area contributed by atoms with E-state index in [1.165, 1.54) is 11.8 Å². The molecule has 3 atom stereocenters. The average Bonchev–Trinajstić information content (AvgIpc) is 3.38. The molecule has 4 rings (SSSR count). The number of rotatable bonds is 13. The predicted octanol–water partition coefficient (Wildman–Crippen LogP) is 4.66. The van der Waals surface area contributed by atoms with Crippen LogP contribution in [0.2, 0.25) is 0 Å². The molecular formula is C32H38N2O6S2. The lowest BCUT2D eigenvalue weighted by molar-refractivity contribution is -0.139. The van der Waals surface area contributed by atoms with Crippen molar-refractivity contribution in [1.82, 2.24) is 10.2 Å². The molecule has 3 aromatic carbocycles. The molecule has 1 aliphatic rings. The standard InChI is InChI=1S/C32H38N2O6S2/c1-22-9-7-8-12-27(22)29-17-23(13-14-28(29)31(35)33-30(32(36)37)15-16-41-3)19-34-20-26(18-24(34)21-40-2)42(38,39)25-10-5-4-6-11-25/h4-14,17,24,26,30H,15-16,18-21H2,1-3H3,(H,33,35)(H,36,37)/t24-,26-,30+/m1/s1. The van der Waals surface area contributed by atoms with Crippen LogP contribution in [-0.4, -0.2) is 79.9 Å². The average molecular weight is 611 g/mol. The van der Waals surface area contributed by atoms with Gasteiger partial charge in [-0.1, -0.05) is 48.5 Å². The Labute approximate surface area is 252 Å². The van der Waals surface area contributed by atoms with Gasteiger partial charge in [0.2, 0.25) is 0 Å². The lowest BCUT2D eigenvalue weighted by atomic mass is 9.93. The van der Waals surface area contributed by atoms with Crippen molar-refractivity contribution in [2.75, 3.05) is 32.3 Å². The van der Waals surface area contributed by atoms with Crippen molar-refractivity contribution in [2.24, 2.45) is 0 Å². The van der Waals surface area contributed by atoms with Gasteiger partial charge < -0.3 is 15.2 Å².